The number of ether oxygens (including phenoxy) is 3. The van der Waals surface area contributed by atoms with E-state index in [1.54, 1.807) is 4.90 Å². The van der Waals surface area contributed by atoms with Crippen molar-refractivity contribution >= 4 is 23.8 Å². The minimum absolute atomic E-state index is 0.0450. The Balaban J connectivity index is 1.72. The molecule has 2 saturated carbocycles. The number of carbonyl (C=O) groups is 4. The van der Waals surface area contributed by atoms with E-state index in [0.717, 1.165) is 25.7 Å². The highest BCUT2D eigenvalue weighted by Gasteiger charge is 2.49. The van der Waals surface area contributed by atoms with Crippen molar-refractivity contribution in [2.24, 2.45) is 29.1 Å². The smallest absolute Gasteiger partial charge is 0.311 e. The maximum absolute atomic E-state index is 13.3. The lowest BCUT2D eigenvalue weighted by molar-refractivity contribution is -0.173. The molecule has 1 saturated heterocycles. The first kappa shape index (κ1) is 35.2. The molecule has 3 fully saturated rings. The minimum Gasteiger partial charge on any atom is -0.465 e. The Morgan fingerprint density at radius 1 is 1.12 bits per heavy atom. The Morgan fingerprint density at radius 2 is 1.86 bits per heavy atom. The van der Waals surface area contributed by atoms with Crippen molar-refractivity contribution in [3.05, 3.63) is 0 Å². The molecule has 8 atom stereocenters. The summed E-state index contributed by atoms with van der Waals surface area (Å²) >= 11 is 0. The van der Waals surface area contributed by atoms with Crippen molar-refractivity contribution in [3.63, 3.8) is 0 Å². The zero-order chi connectivity index (χ0) is 31.7. The van der Waals surface area contributed by atoms with Crippen molar-refractivity contribution < 1.29 is 43.6 Å². The van der Waals surface area contributed by atoms with Gasteiger partial charge in [-0.25, -0.2) is 0 Å². The molecule has 0 radical (unpaired) electrons. The molecule has 0 aromatic heterocycles. The van der Waals surface area contributed by atoms with Crippen LogP contribution in [0.1, 0.15) is 92.4 Å². The molecule has 0 bridgehead atoms. The van der Waals surface area contributed by atoms with Gasteiger partial charge in [-0.2, -0.15) is 0 Å². The van der Waals surface area contributed by atoms with Gasteiger partial charge in [-0.3, -0.25) is 24.1 Å². The van der Waals surface area contributed by atoms with Crippen molar-refractivity contribution in [2.45, 2.75) is 117 Å². The summed E-state index contributed by atoms with van der Waals surface area (Å²) in [4.78, 5) is 51.3. The number of hydrogen-bond donors (Lipinski definition) is 3. The molecule has 2 aliphatic carbocycles. The molecule has 3 N–H and O–H groups in total. The molecular weight excluding hydrogens is 556 g/mol. The molecule has 11 heteroatoms. The number of amides is 1. The van der Waals surface area contributed by atoms with Gasteiger partial charge in [-0.15, -0.1) is 0 Å². The molecule has 3 rings (SSSR count). The number of nitrogens with one attached hydrogen (secondary N) is 1. The highest BCUT2D eigenvalue weighted by Crippen LogP contribution is 2.49. The summed E-state index contributed by atoms with van der Waals surface area (Å²) in [6.45, 7) is 10.0. The third-order valence-electron chi connectivity index (χ3n) is 9.91. The molecule has 11 nitrogen and oxygen atoms in total. The zero-order valence-electron chi connectivity index (χ0n) is 26.7. The maximum Gasteiger partial charge on any atom is 0.311 e. The maximum atomic E-state index is 13.3. The van der Waals surface area contributed by atoms with E-state index in [1.165, 1.54) is 6.92 Å². The first-order valence-electron chi connectivity index (χ1n) is 16.2. The van der Waals surface area contributed by atoms with Crippen LogP contribution >= 0.6 is 0 Å². The standard InChI is InChI=1S/C32H54N2O9/c1-6-32(4,5)31(40)43-27-16-23(33-28(38)19-34(11-13-35)12-14-41-21(3)36)15-22-8-7-20(2)26(30(22)27)10-9-25-17-24(37)18-29(39)42-25/h20,22-27,30,35,37H,6-19H2,1-5H3,(H,33,38)/t20-,22-,23-,24-,25-,26-,27-,30-/m0/s1. The van der Waals surface area contributed by atoms with Gasteiger partial charge in [0, 0.05) is 44.8 Å². The lowest BCUT2D eigenvalue weighted by atomic mass is 9.58. The Morgan fingerprint density at radius 3 is 2.51 bits per heavy atom. The fourth-order valence-electron chi connectivity index (χ4n) is 7.15. The van der Waals surface area contributed by atoms with Crippen molar-refractivity contribution in [1.82, 2.24) is 10.2 Å². The number of fused-ring (bicyclic) bond motifs is 1. The summed E-state index contributed by atoms with van der Waals surface area (Å²) in [5, 5.41) is 22.7. The molecule has 0 aromatic rings. The third kappa shape index (κ3) is 10.4. The second kappa shape index (κ2) is 16.2. The average Bonchev–Trinajstić information content (AvgIpc) is 2.92. The van der Waals surface area contributed by atoms with Crippen LogP contribution in [0.15, 0.2) is 0 Å². The lowest BCUT2D eigenvalue weighted by Crippen LogP contribution is -2.54. The third-order valence-corrected chi connectivity index (χ3v) is 9.91. The molecule has 1 amide bonds. The SMILES string of the molecule is CCC(C)(C)C(=O)O[C@H]1C[C@@H](NC(=O)CN(CCO)CCOC(C)=O)C[C@@H]2CC[C@H](C)[C@H](CC[C@H]3C[C@H](O)CC(=O)O3)[C@H]21. The lowest BCUT2D eigenvalue weighted by Gasteiger charge is -2.51. The van der Waals surface area contributed by atoms with Crippen LogP contribution in [0.2, 0.25) is 0 Å². The predicted octanol–water partition coefficient (Wildman–Crippen LogP) is 2.60. The number of cyclic esters (lactones) is 1. The largest absolute Gasteiger partial charge is 0.465 e. The molecule has 3 aliphatic rings. The van der Waals surface area contributed by atoms with Crippen LogP contribution in [-0.4, -0.2) is 96.1 Å². The summed E-state index contributed by atoms with van der Waals surface area (Å²) < 4.78 is 16.9. The molecule has 0 spiro atoms. The monoisotopic (exact) mass is 610 g/mol. The van der Waals surface area contributed by atoms with Crippen LogP contribution < -0.4 is 5.32 Å². The first-order chi connectivity index (χ1) is 20.3. The summed E-state index contributed by atoms with van der Waals surface area (Å²) in [5.41, 5.74) is -0.624. The molecule has 246 valence electrons. The van der Waals surface area contributed by atoms with Gasteiger partial charge < -0.3 is 29.7 Å². The van der Waals surface area contributed by atoms with E-state index in [4.69, 9.17) is 14.2 Å². The van der Waals surface area contributed by atoms with Gasteiger partial charge in [0.25, 0.3) is 0 Å². The van der Waals surface area contributed by atoms with Gasteiger partial charge in [-0.05, 0) is 63.7 Å². The fourth-order valence-corrected chi connectivity index (χ4v) is 7.15. The van der Waals surface area contributed by atoms with Gasteiger partial charge in [0.05, 0.1) is 31.1 Å². The van der Waals surface area contributed by atoms with Gasteiger partial charge in [0.1, 0.15) is 18.8 Å². The molecule has 0 unspecified atom stereocenters. The minimum atomic E-state index is -0.665. The summed E-state index contributed by atoms with van der Waals surface area (Å²) in [6, 6.07) is -0.163. The van der Waals surface area contributed by atoms with Crippen LogP contribution in [0.3, 0.4) is 0 Å². The normalized spacial score (nSPS) is 31.1. The molecule has 43 heavy (non-hydrogen) atoms. The van der Waals surface area contributed by atoms with Crippen molar-refractivity contribution in [2.75, 3.05) is 32.8 Å². The van der Waals surface area contributed by atoms with Crippen molar-refractivity contribution in [1.29, 1.82) is 0 Å². The molecule has 1 aliphatic heterocycles. The predicted molar refractivity (Wildman–Crippen MR) is 158 cm³/mol. The van der Waals surface area contributed by atoms with Gasteiger partial charge >= 0.3 is 17.9 Å². The highest BCUT2D eigenvalue weighted by atomic mass is 16.6. The van der Waals surface area contributed by atoms with Crippen LogP contribution in [0, 0.1) is 29.1 Å². The van der Waals surface area contributed by atoms with Gasteiger partial charge in [0.15, 0.2) is 0 Å². The Hall–Kier alpha value is -2.24. The first-order valence-corrected chi connectivity index (χ1v) is 16.2. The molecule has 1 heterocycles. The second-order valence-corrected chi connectivity index (χ2v) is 13.6. The van der Waals surface area contributed by atoms with Gasteiger partial charge in [-0.1, -0.05) is 20.3 Å². The number of aliphatic hydroxyl groups is 2. The van der Waals surface area contributed by atoms with Crippen molar-refractivity contribution in [3.8, 4) is 0 Å². The summed E-state index contributed by atoms with van der Waals surface area (Å²) in [5.74, 6) is -0.101. The van der Waals surface area contributed by atoms with E-state index in [0.29, 0.717) is 38.1 Å². The molecular formula is C32H54N2O9. The van der Waals surface area contributed by atoms with Gasteiger partial charge in [0.2, 0.25) is 5.91 Å². The number of nitrogens with zero attached hydrogens (tertiary/aromatic N) is 1. The van der Waals surface area contributed by atoms with Crippen LogP contribution in [0.4, 0.5) is 0 Å². The van der Waals surface area contributed by atoms with E-state index in [-0.39, 0.29) is 86.6 Å². The average molecular weight is 611 g/mol. The number of hydrogen-bond acceptors (Lipinski definition) is 10. The quantitative estimate of drug-likeness (QED) is 0.198. The van der Waals surface area contributed by atoms with Crippen LogP contribution in [0.5, 0.6) is 0 Å². The zero-order valence-corrected chi connectivity index (χ0v) is 26.7. The van der Waals surface area contributed by atoms with E-state index >= 15 is 0 Å². The number of aliphatic hydroxyl groups excluding tert-OH is 2. The Labute approximate surface area is 256 Å². The Kier molecular flexibility index (Phi) is 13.3. The number of rotatable bonds is 14. The summed E-state index contributed by atoms with van der Waals surface area (Å²) in [6.07, 6.45) is 4.62. The summed E-state index contributed by atoms with van der Waals surface area (Å²) in [7, 11) is 0. The Bertz CT molecular complexity index is 957. The van der Waals surface area contributed by atoms with Crippen LogP contribution in [-0.2, 0) is 33.4 Å². The number of carbonyl (C=O) groups excluding carboxylic acids is 4. The second-order valence-electron chi connectivity index (χ2n) is 13.6. The topological polar surface area (TPSA) is 152 Å². The van der Waals surface area contributed by atoms with E-state index in [9.17, 15) is 29.4 Å². The molecule has 0 aromatic carbocycles. The van der Waals surface area contributed by atoms with E-state index in [2.05, 4.69) is 12.2 Å². The highest BCUT2D eigenvalue weighted by molar-refractivity contribution is 5.78. The van der Waals surface area contributed by atoms with E-state index < -0.39 is 17.5 Å². The fraction of sp³-hybridized carbons (Fsp3) is 0.875. The number of esters is 3. The van der Waals surface area contributed by atoms with Crippen LogP contribution in [0.25, 0.3) is 0 Å². The van der Waals surface area contributed by atoms with E-state index in [1.807, 2.05) is 20.8 Å².